The highest BCUT2D eigenvalue weighted by Crippen LogP contribution is 2.65. The van der Waals surface area contributed by atoms with Gasteiger partial charge in [-0.3, -0.25) is 19.2 Å². The summed E-state index contributed by atoms with van der Waals surface area (Å²) in [7, 11) is -3.21. The molecule has 1 aliphatic carbocycles. The van der Waals surface area contributed by atoms with Crippen molar-refractivity contribution in [1.82, 2.24) is 30.5 Å². The van der Waals surface area contributed by atoms with Crippen molar-refractivity contribution in [3.8, 4) is 0 Å². The zero-order valence-corrected chi connectivity index (χ0v) is 34.0. The minimum absolute atomic E-state index is 0.0129. The average Bonchev–Trinajstić information content (AvgIpc) is 3.36. The van der Waals surface area contributed by atoms with Crippen molar-refractivity contribution < 1.29 is 41.2 Å². The smallest absolute Gasteiger partial charge is 0.315 e. The number of halogens is 2. The summed E-state index contributed by atoms with van der Waals surface area (Å²) in [5.74, 6) is -5.12. The predicted octanol–water partition coefficient (Wildman–Crippen LogP) is 3.74. The molecule has 1 unspecified atom stereocenters. The number of likely N-dealkylation sites (N-methyl/N-ethyl adjacent to an activating group) is 1. The van der Waals surface area contributed by atoms with Crippen LogP contribution in [0.4, 0.5) is 13.6 Å². The average molecular weight is 781 g/mol. The second-order valence-electron chi connectivity index (χ2n) is 17.2. The molecule has 6 atom stereocenters. The van der Waals surface area contributed by atoms with Gasteiger partial charge in [-0.05, 0) is 46.6 Å². The van der Waals surface area contributed by atoms with Crippen molar-refractivity contribution in [2.24, 2.45) is 28.1 Å². The summed E-state index contributed by atoms with van der Waals surface area (Å²) in [6, 6.07) is -2.68. The maximum Gasteiger partial charge on any atom is 0.315 e. The van der Waals surface area contributed by atoms with Gasteiger partial charge in [0.2, 0.25) is 27.6 Å². The number of urea groups is 1. The summed E-state index contributed by atoms with van der Waals surface area (Å²) >= 11 is 0. The van der Waals surface area contributed by atoms with Gasteiger partial charge in [-0.2, -0.15) is 4.31 Å². The van der Waals surface area contributed by atoms with Crippen LogP contribution < -0.4 is 21.3 Å². The second kappa shape index (κ2) is 16.8. The minimum atomic E-state index is -4.43. The van der Waals surface area contributed by atoms with Crippen LogP contribution in [-0.4, -0.2) is 98.0 Å². The molecule has 1 saturated heterocycles. The van der Waals surface area contributed by atoms with E-state index >= 15 is 0 Å². The Kier molecular flexibility index (Phi) is 13.9. The van der Waals surface area contributed by atoms with Gasteiger partial charge in [0.1, 0.15) is 28.6 Å². The lowest BCUT2D eigenvalue weighted by atomic mass is 9.85. The first kappa shape index (κ1) is 44.5. The third-order valence-corrected chi connectivity index (χ3v) is 12.5. The Balaban J connectivity index is 1.85. The van der Waals surface area contributed by atoms with Crippen LogP contribution in [-0.2, 0) is 29.2 Å². The number of nitrogens with one attached hydrogen (secondary N) is 4. The predicted molar refractivity (Wildman–Crippen MR) is 200 cm³/mol. The van der Waals surface area contributed by atoms with Gasteiger partial charge >= 0.3 is 6.03 Å². The van der Waals surface area contributed by atoms with E-state index < -0.39 is 91.1 Å². The number of carbonyl (C=O) groups is 5. The van der Waals surface area contributed by atoms with E-state index in [0.717, 1.165) is 22.9 Å². The topological polar surface area (TPSA) is 174 Å². The van der Waals surface area contributed by atoms with E-state index in [9.17, 15) is 41.2 Å². The van der Waals surface area contributed by atoms with Gasteiger partial charge in [-0.15, -0.1) is 6.58 Å². The van der Waals surface area contributed by atoms with E-state index in [0.29, 0.717) is 12.5 Å². The first-order chi connectivity index (χ1) is 24.8. The molecule has 1 aliphatic heterocycles. The van der Waals surface area contributed by atoms with Crippen molar-refractivity contribution in [3.05, 3.63) is 42.5 Å². The number of Topliss-reactive ketones (excluding diaryl/α,β-unsaturated/α-hetero) is 1. The number of hydrogen-bond acceptors (Lipinski definition) is 7. The molecule has 54 heavy (non-hydrogen) atoms. The zero-order chi connectivity index (χ0) is 41.1. The van der Waals surface area contributed by atoms with E-state index in [-0.39, 0.29) is 43.3 Å². The molecule has 1 heterocycles. The quantitative estimate of drug-likeness (QED) is 0.146. The molecule has 4 N–H and O–H groups in total. The first-order valence-electron chi connectivity index (χ1n) is 18.3. The monoisotopic (exact) mass is 780 g/mol. The van der Waals surface area contributed by atoms with Crippen LogP contribution in [0.25, 0.3) is 0 Å². The lowest BCUT2D eigenvalue weighted by Gasteiger charge is -2.39. The van der Waals surface area contributed by atoms with Gasteiger partial charge in [0.05, 0.1) is 6.04 Å². The lowest BCUT2D eigenvalue weighted by molar-refractivity contribution is -0.145. The van der Waals surface area contributed by atoms with Crippen LogP contribution in [0.3, 0.4) is 0 Å². The Hall–Kier alpha value is -3.92. The number of sulfonamides is 1. The van der Waals surface area contributed by atoms with E-state index in [4.69, 9.17) is 0 Å². The van der Waals surface area contributed by atoms with Gasteiger partial charge in [0.25, 0.3) is 5.91 Å². The van der Waals surface area contributed by atoms with Gasteiger partial charge in [0.15, 0.2) is 0 Å². The molecule has 2 fully saturated rings. The molecule has 0 aromatic heterocycles. The number of ketones is 1. The molecule has 1 aromatic carbocycles. The van der Waals surface area contributed by atoms with E-state index in [1.807, 2.05) is 20.8 Å². The normalized spacial score (nSPS) is 21.0. The Labute approximate surface area is 318 Å². The minimum Gasteiger partial charge on any atom is -0.346 e. The molecule has 0 bridgehead atoms. The zero-order valence-electron chi connectivity index (χ0n) is 33.1. The van der Waals surface area contributed by atoms with Crippen molar-refractivity contribution in [2.75, 3.05) is 26.7 Å². The summed E-state index contributed by atoms with van der Waals surface area (Å²) in [4.78, 5) is 68.6. The van der Waals surface area contributed by atoms with Gasteiger partial charge in [0, 0.05) is 38.8 Å². The number of rotatable bonds is 16. The number of likely N-dealkylation sites (tertiary alicyclic amines) is 1. The van der Waals surface area contributed by atoms with Gasteiger partial charge < -0.3 is 26.2 Å². The number of carbonyl (C=O) groups excluding carboxylic acids is 5. The van der Waals surface area contributed by atoms with Crippen molar-refractivity contribution in [2.45, 2.75) is 111 Å². The van der Waals surface area contributed by atoms with Crippen molar-refractivity contribution in [1.29, 1.82) is 0 Å². The summed E-state index contributed by atoms with van der Waals surface area (Å²) in [6.45, 7) is 20.1. The number of amides is 5. The molecule has 0 spiro atoms. The number of piperidine rings is 1. The fraction of sp³-hybridized carbons (Fsp3) is 0.658. The Bertz CT molecular complexity index is 1720. The van der Waals surface area contributed by atoms with E-state index in [1.165, 1.54) is 18.0 Å². The van der Waals surface area contributed by atoms with Crippen LogP contribution in [0, 0.1) is 39.7 Å². The fourth-order valence-electron chi connectivity index (χ4n) is 7.05. The Morgan fingerprint density at radius 1 is 1.04 bits per heavy atom. The molecular formula is C38H58F2N6O7S. The second-order valence-corrected chi connectivity index (χ2v) is 19.2. The molecule has 13 nitrogen and oxygen atoms in total. The number of nitrogens with zero attached hydrogens (tertiary/aromatic N) is 2. The third kappa shape index (κ3) is 10.0. The summed E-state index contributed by atoms with van der Waals surface area (Å²) in [5.41, 5.74) is -1.87. The largest absolute Gasteiger partial charge is 0.346 e. The molecule has 1 saturated carbocycles. The Morgan fingerprint density at radius 3 is 2.20 bits per heavy atom. The highest BCUT2D eigenvalue weighted by atomic mass is 32.2. The molecule has 302 valence electrons. The summed E-state index contributed by atoms with van der Waals surface area (Å²) in [5, 5.41) is 10.8. The fourth-order valence-corrected chi connectivity index (χ4v) is 8.27. The number of fused-ring (bicyclic) bond motifs is 1. The molecule has 2 aliphatic rings. The Morgan fingerprint density at radius 2 is 1.67 bits per heavy atom. The lowest BCUT2D eigenvalue weighted by Crippen LogP contribution is -2.62. The molecule has 3 rings (SSSR count). The third-order valence-electron chi connectivity index (χ3n) is 10.6. The highest BCUT2D eigenvalue weighted by Gasteiger charge is 2.70. The number of benzene rings is 1. The SMILES string of the molecule is C=CCNC(=O)C(=O)C(CCCC)NC(=O)[C@@H]1[C@@H]2[C@H](CN1C(=O)[C@@H](NC(=O)N[C@H](CN(C)S(=O)(=O)c1ccc(F)cc1F)C(C)(C)C)C(C)(C)C)C2(C)C. The highest BCUT2D eigenvalue weighted by molar-refractivity contribution is 7.89. The maximum atomic E-state index is 14.5. The number of unbranched alkanes of at least 4 members (excludes halogenated alkanes) is 1. The summed E-state index contributed by atoms with van der Waals surface area (Å²) in [6.07, 6.45) is 2.96. The standard InChI is InChI=1S/C38H58F2N6O7S/c1-12-14-15-25(30(47)33(49)41-18-13-2)42-32(48)29-28-23(38(28,9)10)20-46(29)34(50)31(37(6,7)8)44-35(51)43-27(36(3,4)5)21-45(11)54(52,53)26-17-16-22(39)19-24(26)40/h13,16-17,19,23,25,27-29,31H,2,12,14-15,18,20-21H2,1,3-11H3,(H,41,49)(H,42,48)(H2,43,44,51)/t23-,25?,27+,28-,29-,31+/m0/s1. The molecule has 16 heteroatoms. The number of hydrogen-bond donors (Lipinski definition) is 4. The van der Waals surface area contributed by atoms with Crippen LogP contribution >= 0.6 is 0 Å². The molecule has 1 aromatic rings. The van der Waals surface area contributed by atoms with Gasteiger partial charge in [-0.1, -0.05) is 81.2 Å². The first-order valence-corrected chi connectivity index (χ1v) is 19.8. The van der Waals surface area contributed by atoms with Gasteiger partial charge in [-0.25, -0.2) is 22.0 Å². The van der Waals surface area contributed by atoms with E-state index in [1.54, 1.807) is 41.5 Å². The van der Waals surface area contributed by atoms with E-state index in [2.05, 4.69) is 27.8 Å². The molecular weight excluding hydrogens is 723 g/mol. The summed E-state index contributed by atoms with van der Waals surface area (Å²) < 4.78 is 55.4. The molecule has 0 radical (unpaired) electrons. The van der Waals surface area contributed by atoms with Crippen LogP contribution in [0.15, 0.2) is 35.7 Å². The van der Waals surface area contributed by atoms with Crippen molar-refractivity contribution in [3.63, 3.8) is 0 Å². The van der Waals surface area contributed by atoms with Crippen LogP contribution in [0.2, 0.25) is 0 Å². The maximum absolute atomic E-state index is 14.5. The van der Waals surface area contributed by atoms with Crippen LogP contribution in [0.5, 0.6) is 0 Å². The van der Waals surface area contributed by atoms with Crippen LogP contribution in [0.1, 0.15) is 81.6 Å². The molecule has 5 amide bonds. The van der Waals surface area contributed by atoms with Crippen molar-refractivity contribution >= 4 is 39.6 Å².